The highest BCUT2D eigenvalue weighted by Gasteiger charge is 2.30. The van der Waals surface area contributed by atoms with Crippen LogP contribution in [0.4, 0.5) is 0 Å². The Morgan fingerprint density at radius 1 is 0.318 bits per heavy atom. The molecule has 0 heterocycles. The van der Waals surface area contributed by atoms with Gasteiger partial charge >= 0.3 is 39.5 Å². The maximum atomic E-state index is 13.0. The molecule has 0 amide bonds. The van der Waals surface area contributed by atoms with Crippen molar-refractivity contribution in [3.05, 3.63) is 0 Å². The summed E-state index contributed by atoms with van der Waals surface area (Å²) < 4.78 is 68.0. The zero-order valence-corrected chi connectivity index (χ0v) is 56.5. The van der Waals surface area contributed by atoms with E-state index >= 15 is 0 Å². The topological polar surface area (TPSA) is 237 Å². The third-order valence-electron chi connectivity index (χ3n) is 15.3. The molecule has 2 unspecified atom stereocenters. The Morgan fingerprint density at radius 2 is 0.541 bits per heavy atom. The van der Waals surface area contributed by atoms with Crippen LogP contribution < -0.4 is 0 Å². The number of aliphatic hydroxyl groups excluding tert-OH is 1. The second-order valence-electron chi connectivity index (χ2n) is 24.3. The van der Waals surface area contributed by atoms with Crippen molar-refractivity contribution in [3.63, 3.8) is 0 Å². The Bertz CT molecular complexity index is 1650. The van der Waals surface area contributed by atoms with Crippen molar-refractivity contribution < 1.29 is 80.2 Å². The van der Waals surface area contributed by atoms with Crippen LogP contribution in [0, 0.1) is 5.92 Å². The summed E-state index contributed by atoms with van der Waals surface area (Å²) in [6, 6.07) is 0. The summed E-state index contributed by atoms with van der Waals surface area (Å²) in [5.74, 6) is -1.44. The van der Waals surface area contributed by atoms with E-state index in [2.05, 4.69) is 34.6 Å². The van der Waals surface area contributed by atoms with Crippen molar-refractivity contribution in [1.82, 2.24) is 0 Å². The predicted octanol–water partition coefficient (Wildman–Crippen LogP) is 18.6. The van der Waals surface area contributed by atoms with Crippen LogP contribution in [0.3, 0.4) is 0 Å². The van der Waals surface area contributed by atoms with Crippen LogP contribution in [0.5, 0.6) is 0 Å². The fourth-order valence-electron chi connectivity index (χ4n) is 9.94. The molecular weight excluding hydrogens is 1130 g/mol. The van der Waals surface area contributed by atoms with Crippen LogP contribution in [-0.2, 0) is 65.4 Å². The number of phosphoric acid groups is 2. The van der Waals surface area contributed by atoms with Gasteiger partial charge in [0.25, 0.3) is 0 Å². The van der Waals surface area contributed by atoms with E-state index in [1.165, 1.54) is 154 Å². The number of hydrogen-bond donors (Lipinski definition) is 3. The average molecular weight is 1260 g/mol. The summed E-state index contributed by atoms with van der Waals surface area (Å²) in [4.78, 5) is 72.2. The van der Waals surface area contributed by atoms with Gasteiger partial charge in [0.05, 0.1) is 26.4 Å². The van der Waals surface area contributed by atoms with Gasteiger partial charge in [-0.1, -0.05) is 285 Å². The summed E-state index contributed by atoms with van der Waals surface area (Å²) in [6.45, 7) is 7.13. The van der Waals surface area contributed by atoms with Gasteiger partial charge in [0.2, 0.25) is 0 Å². The first-order valence-corrected chi connectivity index (χ1v) is 37.6. The molecule has 85 heavy (non-hydrogen) atoms. The number of esters is 4. The normalized spacial score (nSPS) is 14.2. The molecule has 5 atom stereocenters. The van der Waals surface area contributed by atoms with Crippen molar-refractivity contribution in [1.29, 1.82) is 0 Å². The summed E-state index contributed by atoms with van der Waals surface area (Å²) in [7, 11) is -9.89. The number of carbonyl (C=O) groups is 4. The Morgan fingerprint density at radius 3 is 0.800 bits per heavy atom. The van der Waals surface area contributed by atoms with E-state index in [0.29, 0.717) is 31.6 Å². The SMILES string of the molecule is CCCCCCCCCCCCCCCCCC(=O)O[C@H](COC(=O)CCCCCCCCCCCCCC)COP(=O)(O)OC[C@@H](O)COP(=O)(O)OC[C@@H](COC(=O)CCCCCCCCCC)OC(=O)CCCCCCCCCC(C)C. The third kappa shape index (κ3) is 60.7. The second-order valence-corrected chi connectivity index (χ2v) is 27.2. The number of phosphoric ester groups is 2. The van der Waals surface area contributed by atoms with Gasteiger partial charge in [0, 0.05) is 25.7 Å². The van der Waals surface area contributed by atoms with Crippen LogP contribution in [0.15, 0.2) is 0 Å². The number of aliphatic hydroxyl groups is 1. The molecule has 0 saturated carbocycles. The largest absolute Gasteiger partial charge is 0.472 e. The molecular formula is C66H128O17P2. The van der Waals surface area contributed by atoms with Gasteiger partial charge < -0.3 is 33.8 Å². The van der Waals surface area contributed by atoms with Gasteiger partial charge in [-0.15, -0.1) is 0 Å². The maximum Gasteiger partial charge on any atom is 0.472 e. The number of unbranched alkanes of at least 4 members (excludes halogenated alkanes) is 38. The van der Waals surface area contributed by atoms with Crippen LogP contribution in [0.25, 0.3) is 0 Å². The number of carbonyl (C=O) groups excluding carboxylic acids is 4. The quantitative estimate of drug-likeness (QED) is 0.0222. The summed E-state index contributed by atoms with van der Waals surface area (Å²) in [5.41, 5.74) is 0. The molecule has 17 nitrogen and oxygen atoms in total. The molecule has 0 saturated heterocycles. The molecule has 3 N–H and O–H groups in total. The predicted molar refractivity (Wildman–Crippen MR) is 340 cm³/mol. The molecule has 0 radical (unpaired) electrons. The molecule has 0 aromatic heterocycles. The number of ether oxygens (including phenoxy) is 4. The molecule has 0 aromatic rings. The van der Waals surface area contributed by atoms with Crippen LogP contribution >= 0.6 is 15.6 Å². The van der Waals surface area contributed by atoms with Crippen LogP contribution in [-0.4, -0.2) is 96.7 Å². The lowest BCUT2D eigenvalue weighted by atomic mass is 10.0. The minimum atomic E-state index is -4.95. The standard InChI is InChI=1S/C66H128O17P2/c1-6-9-12-15-18-21-23-25-26-27-29-31-36-41-46-51-65(70)82-61(56-77-64(69)50-45-40-35-30-28-24-22-19-16-13-10-7-2)57-80-84(72,73)78-53-60(67)54-79-85(74,75)81-58-62(55-76-63(68)49-44-39-34-20-17-14-11-8-3)83-66(71)52-47-42-37-32-33-38-43-48-59(4)5/h59-62,67H,6-58H2,1-5H3,(H,72,73)(H,74,75)/t60-,61-,62-/m1/s1. The molecule has 0 aliphatic rings. The fraction of sp³-hybridized carbons (Fsp3) is 0.939. The zero-order chi connectivity index (χ0) is 62.8. The molecule has 0 rings (SSSR count). The van der Waals surface area contributed by atoms with Crippen LogP contribution in [0.1, 0.15) is 336 Å². The highest BCUT2D eigenvalue weighted by atomic mass is 31.2. The molecule has 0 spiro atoms. The first-order chi connectivity index (χ1) is 41.0. The average Bonchev–Trinajstić information content (AvgIpc) is 3.49. The smallest absolute Gasteiger partial charge is 0.462 e. The summed E-state index contributed by atoms with van der Waals surface area (Å²) >= 11 is 0. The molecule has 0 aliphatic carbocycles. The Kier molecular flexibility index (Phi) is 58.3. The van der Waals surface area contributed by atoms with Gasteiger partial charge in [-0.05, 0) is 31.6 Å². The van der Waals surface area contributed by atoms with Gasteiger partial charge in [0.1, 0.15) is 19.3 Å². The van der Waals surface area contributed by atoms with Crippen molar-refractivity contribution in [3.8, 4) is 0 Å². The van der Waals surface area contributed by atoms with E-state index < -0.39 is 97.5 Å². The first-order valence-electron chi connectivity index (χ1n) is 34.6. The maximum absolute atomic E-state index is 13.0. The minimum absolute atomic E-state index is 0.104. The van der Waals surface area contributed by atoms with Crippen molar-refractivity contribution in [2.75, 3.05) is 39.6 Å². The lowest BCUT2D eigenvalue weighted by molar-refractivity contribution is -0.161. The van der Waals surface area contributed by atoms with E-state index in [1.54, 1.807) is 0 Å². The van der Waals surface area contributed by atoms with Crippen molar-refractivity contribution in [2.45, 2.75) is 355 Å². The van der Waals surface area contributed by atoms with Crippen molar-refractivity contribution in [2.24, 2.45) is 5.92 Å². The van der Waals surface area contributed by atoms with Gasteiger partial charge in [-0.2, -0.15) is 0 Å². The number of rotatable bonds is 66. The molecule has 0 fully saturated rings. The molecule has 504 valence electrons. The van der Waals surface area contributed by atoms with Gasteiger partial charge in [-0.3, -0.25) is 37.3 Å². The third-order valence-corrected chi connectivity index (χ3v) is 17.2. The molecule has 0 aliphatic heterocycles. The summed E-state index contributed by atoms with van der Waals surface area (Å²) in [6.07, 6.45) is 44.5. The Labute approximate surface area is 517 Å². The monoisotopic (exact) mass is 1250 g/mol. The fourth-order valence-corrected chi connectivity index (χ4v) is 11.5. The van der Waals surface area contributed by atoms with E-state index in [-0.39, 0.29) is 25.7 Å². The summed E-state index contributed by atoms with van der Waals surface area (Å²) in [5, 5.41) is 10.5. The Balaban J connectivity index is 5.22. The lowest BCUT2D eigenvalue weighted by Gasteiger charge is -2.21. The first kappa shape index (κ1) is 83.1. The highest BCUT2D eigenvalue weighted by Crippen LogP contribution is 2.45. The van der Waals surface area contributed by atoms with Gasteiger partial charge in [-0.25, -0.2) is 9.13 Å². The Hall–Kier alpha value is -1.94. The van der Waals surface area contributed by atoms with E-state index in [0.717, 1.165) is 96.3 Å². The zero-order valence-electron chi connectivity index (χ0n) is 54.7. The molecule has 19 heteroatoms. The molecule has 0 aromatic carbocycles. The highest BCUT2D eigenvalue weighted by molar-refractivity contribution is 7.47. The van der Waals surface area contributed by atoms with E-state index in [1.807, 2.05) is 0 Å². The van der Waals surface area contributed by atoms with Gasteiger partial charge in [0.15, 0.2) is 12.2 Å². The van der Waals surface area contributed by atoms with Crippen LogP contribution in [0.2, 0.25) is 0 Å². The minimum Gasteiger partial charge on any atom is -0.462 e. The van der Waals surface area contributed by atoms with Crippen molar-refractivity contribution >= 4 is 39.5 Å². The number of hydrogen-bond acceptors (Lipinski definition) is 15. The van der Waals surface area contributed by atoms with E-state index in [4.69, 9.17) is 37.0 Å². The van der Waals surface area contributed by atoms with E-state index in [9.17, 15) is 43.2 Å². The molecule has 0 bridgehead atoms. The second kappa shape index (κ2) is 59.7. The lowest BCUT2D eigenvalue weighted by Crippen LogP contribution is -2.30.